The molecule has 2 N–H and O–H groups in total. The van der Waals surface area contributed by atoms with Gasteiger partial charge in [-0.05, 0) is 53.4 Å². The second-order valence-corrected chi connectivity index (χ2v) is 5.48. The number of hydrogen-bond acceptors (Lipinski definition) is 3. The first-order valence-electron chi connectivity index (χ1n) is 5.70. The molecular weight excluding hydrogens is 302 g/mol. The lowest BCUT2D eigenvalue weighted by atomic mass is 10.1. The molecule has 0 aliphatic heterocycles. The topological polar surface area (TPSA) is 42.2 Å². The molecule has 0 radical (unpaired) electrons. The molecule has 0 bridgehead atoms. The van der Waals surface area contributed by atoms with Gasteiger partial charge in [-0.15, -0.1) is 12.4 Å². The van der Waals surface area contributed by atoms with E-state index >= 15 is 0 Å². The van der Waals surface area contributed by atoms with E-state index in [1.54, 1.807) is 0 Å². The highest BCUT2D eigenvalue weighted by Crippen LogP contribution is 2.34. The number of nitrogens with two attached hydrogens (primary N) is 1. The molecular formula is C12H19BrClN3. The molecule has 3 nitrogen and oxygen atoms in total. The van der Waals surface area contributed by atoms with E-state index in [0.717, 1.165) is 23.5 Å². The second-order valence-electron chi connectivity index (χ2n) is 4.57. The smallest absolute Gasteiger partial charge is 0.0410 e. The Morgan fingerprint density at radius 2 is 2.24 bits per heavy atom. The number of hydrogen-bond donors (Lipinski definition) is 1. The minimum atomic E-state index is 0. The van der Waals surface area contributed by atoms with Crippen LogP contribution >= 0.6 is 28.3 Å². The Hall–Kier alpha value is -0.160. The van der Waals surface area contributed by atoms with E-state index in [1.165, 1.54) is 18.4 Å². The summed E-state index contributed by atoms with van der Waals surface area (Å²) in [6.07, 6.45) is 6.40. The van der Waals surface area contributed by atoms with E-state index in [9.17, 15) is 0 Å². The fraction of sp³-hybridized carbons (Fsp3) is 0.583. The summed E-state index contributed by atoms with van der Waals surface area (Å²) >= 11 is 3.44. The van der Waals surface area contributed by atoms with Crippen LogP contribution in [-0.2, 0) is 6.54 Å². The molecule has 0 amide bonds. The fourth-order valence-electron chi connectivity index (χ4n) is 2.16. The Morgan fingerprint density at radius 1 is 1.53 bits per heavy atom. The van der Waals surface area contributed by atoms with Gasteiger partial charge in [-0.25, -0.2) is 0 Å². The largest absolute Gasteiger partial charge is 0.329 e. The third kappa shape index (κ3) is 4.21. The molecule has 1 aromatic rings. The van der Waals surface area contributed by atoms with Crippen LogP contribution in [0, 0.1) is 5.92 Å². The summed E-state index contributed by atoms with van der Waals surface area (Å²) in [6, 6.07) is 2.64. The molecule has 96 valence electrons. The predicted octanol–water partition coefficient (Wildman–Crippen LogP) is 2.44. The van der Waals surface area contributed by atoms with Crippen LogP contribution in [0.1, 0.15) is 18.4 Å². The minimum absolute atomic E-state index is 0. The summed E-state index contributed by atoms with van der Waals surface area (Å²) in [6.45, 7) is 1.67. The third-order valence-corrected chi connectivity index (χ3v) is 3.60. The van der Waals surface area contributed by atoms with Crippen LogP contribution < -0.4 is 5.73 Å². The van der Waals surface area contributed by atoms with Gasteiger partial charge in [0.05, 0.1) is 0 Å². The first-order chi connectivity index (χ1) is 7.70. The third-order valence-electron chi connectivity index (χ3n) is 3.17. The van der Waals surface area contributed by atoms with Gasteiger partial charge < -0.3 is 5.73 Å². The van der Waals surface area contributed by atoms with Crippen molar-refractivity contribution in [2.75, 3.05) is 13.6 Å². The van der Waals surface area contributed by atoms with Crippen molar-refractivity contribution >= 4 is 28.3 Å². The van der Waals surface area contributed by atoms with Gasteiger partial charge in [0.15, 0.2) is 0 Å². The van der Waals surface area contributed by atoms with Crippen molar-refractivity contribution in [1.29, 1.82) is 0 Å². The molecule has 0 aromatic carbocycles. The maximum atomic E-state index is 5.83. The van der Waals surface area contributed by atoms with Crippen molar-refractivity contribution in [3.05, 3.63) is 28.5 Å². The Bertz CT molecular complexity index is 357. The molecule has 1 aromatic heterocycles. The number of nitrogens with zero attached hydrogens (tertiary/aromatic N) is 2. The van der Waals surface area contributed by atoms with Crippen LogP contribution in [0.5, 0.6) is 0 Å². The summed E-state index contributed by atoms with van der Waals surface area (Å²) < 4.78 is 1.04. The monoisotopic (exact) mass is 319 g/mol. The van der Waals surface area contributed by atoms with E-state index in [4.69, 9.17) is 5.73 Å². The molecule has 1 aliphatic rings. The van der Waals surface area contributed by atoms with Crippen molar-refractivity contribution in [1.82, 2.24) is 9.88 Å². The van der Waals surface area contributed by atoms with Crippen molar-refractivity contribution in [2.24, 2.45) is 11.7 Å². The summed E-state index contributed by atoms with van der Waals surface area (Å²) in [5.41, 5.74) is 7.06. The molecule has 1 unspecified atom stereocenters. The van der Waals surface area contributed by atoms with Gasteiger partial charge in [-0.3, -0.25) is 9.88 Å². The zero-order valence-electron chi connectivity index (χ0n) is 9.97. The Morgan fingerprint density at radius 3 is 2.76 bits per heavy atom. The van der Waals surface area contributed by atoms with E-state index in [-0.39, 0.29) is 12.4 Å². The van der Waals surface area contributed by atoms with Gasteiger partial charge in [-0.1, -0.05) is 0 Å². The molecule has 1 heterocycles. The highest BCUT2D eigenvalue weighted by molar-refractivity contribution is 9.10. The van der Waals surface area contributed by atoms with Gasteiger partial charge in [-0.2, -0.15) is 0 Å². The Kier molecular flexibility index (Phi) is 5.86. The molecule has 1 aliphatic carbocycles. The lowest BCUT2D eigenvalue weighted by Crippen LogP contribution is -2.39. The number of rotatable bonds is 5. The molecule has 1 atom stereocenters. The van der Waals surface area contributed by atoms with E-state index in [0.29, 0.717) is 6.04 Å². The number of pyridine rings is 1. The van der Waals surface area contributed by atoms with Crippen LogP contribution in [0.4, 0.5) is 0 Å². The standard InChI is InChI=1S/C12H18BrN3.ClH/c1-16(12(5-14)10-2-3-10)8-9-4-11(13)7-15-6-9;/h4,6-7,10,12H,2-3,5,8,14H2,1H3;1H. The maximum Gasteiger partial charge on any atom is 0.0410 e. The van der Waals surface area contributed by atoms with Crippen LogP contribution in [0.2, 0.25) is 0 Å². The van der Waals surface area contributed by atoms with Crippen LogP contribution in [0.25, 0.3) is 0 Å². The van der Waals surface area contributed by atoms with Crippen molar-refractivity contribution in [3.8, 4) is 0 Å². The summed E-state index contributed by atoms with van der Waals surface area (Å²) in [4.78, 5) is 6.53. The molecule has 0 saturated heterocycles. The molecule has 5 heteroatoms. The van der Waals surface area contributed by atoms with Crippen LogP contribution in [0.15, 0.2) is 22.9 Å². The van der Waals surface area contributed by atoms with Gasteiger partial charge in [0.2, 0.25) is 0 Å². The average molecular weight is 321 g/mol. The summed E-state index contributed by atoms with van der Waals surface area (Å²) in [5.74, 6) is 0.815. The quantitative estimate of drug-likeness (QED) is 0.906. The number of aromatic nitrogens is 1. The van der Waals surface area contributed by atoms with Crippen LogP contribution in [0.3, 0.4) is 0 Å². The molecule has 17 heavy (non-hydrogen) atoms. The first-order valence-corrected chi connectivity index (χ1v) is 6.49. The van der Waals surface area contributed by atoms with Gasteiger partial charge in [0.25, 0.3) is 0 Å². The Labute approximate surface area is 117 Å². The predicted molar refractivity (Wildman–Crippen MR) is 76.2 cm³/mol. The van der Waals surface area contributed by atoms with E-state index in [1.807, 2.05) is 12.4 Å². The van der Waals surface area contributed by atoms with E-state index in [2.05, 4.69) is 38.9 Å². The highest BCUT2D eigenvalue weighted by Gasteiger charge is 2.32. The van der Waals surface area contributed by atoms with Crippen molar-refractivity contribution in [2.45, 2.75) is 25.4 Å². The number of halogens is 2. The molecule has 0 spiro atoms. The van der Waals surface area contributed by atoms with E-state index < -0.39 is 0 Å². The summed E-state index contributed by atoms with van der Waals surface area (Å²) in [7, 11) is 2.15. The fourth-order valence-corrected chi connectivity index (χ4v) is 2.57. The first kappa shape index (κ1) is 14.9. The highest BCUT2D eigenvalue weighted by atomic mass is 79.9. The van der Waals surface area contributed by atoms with Crippen molar-refractivity contribution in [3.63, 3.8) is 0 Å². The second kappa shape index (κ2) is 6.69. The molecule has 1 saturated carbocycles. The zero-order chi connectivity index (χ0) is 11.5. The molecule has 1 fully saturated rings. The van der Waals surface area contributed by atoms with Crippen molar-refractivity contribution < 1.29 is 0 Å². The normalized spacial score (nSPS) is 16.7. The number of likely N-dealkylation sites (N-methyl/N-ethyl adjacent to an activating group) is 1. The molecule has 2 rings (SSSR count). The minimum Gasteiger partial charge on any atom is -0.329 e. The van der Waals surface area contributed by atoms with Gasteiger partial charge in [0.1, 0.15) is 0 Å². The van der Waals surface area contributed by atoms with Crippen LogP contribution in [-0.4, -0.2) is 29.5 Å². The van der Waals surface area contributed by atoms with Gasteiger partial charge in [0, 0.05) is 36.0 Å². The lowest BCUT2D eigenvalue weighted by molar-refractivity contribution is 0.215. The summed E-state index contributed by atoms with van der Waals surface area (Å²) in [5, 5.41) is 0. The lowest BCUT2D eigenvalue weighted by Gasteiger charge is -2.26. The zero-order valence-corrected chi connectivity index (χ0v) is 12.4. The Balaban J connectivity index is 0.00000144. The SMILES string of the molecule is CN(Cc1cncc(Br)c1)C(CN)C1CC1.Cl. The maximum absolute atomic E-state index is 5.83. The van der Waals surface area contributed by atoms with Gasteiger partial charge >= 0.3 is 0 Å². The average Bonchev–Trinajstić information content (AvgIpc) is 3.03.